The summed E-state index contributed by atoms with van der Waals surface area (Å²) in [6.45, 7) is 1.69. The lowest BCUT2D eigenvalue weighted by Gasteiger charge is -2.27. The topological polar surface area (TPSA) is 77.0 Å². The van der Waals surface area contributed by atoms with Gasteiger partial charge in [0.1, 0.15) is 6.33 Å². The van der Waals surface area contributed by atoms with Crippen LogP contribution in [0.4, 0.5) is 5.69 Å². The van der Waals surface area contributed by atoms with E-state index in [1.54, 1.807) is 29.4 Å². The minimum atomic E-state index is -0.169. The van der Waals surface area contributed by atoms with Gasteiger partial charge in [-0.15, -0.1) is 10.2 Å². The predicted molar refractivity (Wildman–Crippen MR) is 70.6 cm³/mol. The van der Waals surface area contributed by atoms with Crippen molar-refractivity contribution in [3.8, 4) is 0 Å². The number of benzene rings is 1. The molecule has 19 heavy (non-hydrogen) atoms. The summed E-state index contributed by atoms with van der Waals surface area (Å²) < 4.78 is 1.93. The second-order valence-electron chi connectivity index (χ2n) is 4.37. The molecule has 6 nitrogen and oxygen atoms in total. The van der Waals surface area contributed by atoms with Crippen molar-refractivity contribution < 1.29 is 4.79 Å². The Morgan fingerprint density at radius 1 is 1.37 bits per heavy atom. The van der Waals surface area contributed by atoms with Crippen molar-refractivity contribution >= 4 is 23.2 Å². The maximum absolute atomic E-state index is 12.5. The van der Waals surface area contributed by atoms with Crippen LogP contribution in [0.1, 0.15) is 16.2 Å². The summed E-state index contributed by atoms with van der Waals surface area (Å²) in [5, 5.41) is 8.18. The molecule has 0 aliphatic carbocycles. The van der Waals surface area contributed by atoms with Gasteiger partial charge in [-0.25, -0.2) is 0 Å². The van der Waals surface area contributed by atoms with Crippen molar-refractivity contribution in [2.75, 3.05) is 12.3 Å². The molecule has 0 bridgehead atoms. The fraction of sp³-hybridized carbons (Fsp3) is 0.250. The van der Waals surface area contributed by atoms with Crippen LogP contribution < -0.4 is 5.73 Å². The molecule has 1 amide bonds. The molecule has 1 aliphatic rings. The Labute approximate surface area is 114 Å². The zero-order chi connectivity index (χ0) is 13.4. The SMILES string of the molecule is Nc1cccc(Cl)c1C(=O)N1CCn2cnnc2C1. The van der Waals surface area contributed by atoms with E-state index in [4.69, 9.17) is 17.3 Å². The van der Waals surface area contributed by atoms with E-state index >= 15 is 0 Å². The van der Waals surface area contributed by atoms with E-state index in [9.17, 15) is 4.79 Å². The average molecular weight is 278 g/mol. The number of nitrogens with two attached hydrogens (primary N) is 1. The molecule has 2 N–H and O–H groups in total. The number of rotatable bonds is 1. The zero-order valence-electron chi connectivity index (χ0n) is 10.1. The van der Waals surface area contributed by atoms with Gasteiger partial charge in [-0.3, -0.25) is 4.79 Å². The van der Waals surface area contributed by atoms with E-state index in [2.05, 4.69) is 10.2 Å². The summed E-state index contributed by atoms with van der Waals surface area (Å²) in [4.78, 5) is 14.2. The number of aromatic nitrogens is 3. The third kappa shape index (κ3) is 2.04. The lowest BCUT2D eigenvalue weighted by molar-refractivity contribution is 0.0708. The lowest BCUT2D eigenvalue weighted by atomic mass is 10.1. The fourth-order valence-corrected chi connectivity index (χ4v) is 2.43. The minimum Gasteiger partial charge on any atom is -0.398 e. The molecule has 2 aromatic rings. The Kier molecular flexibility index (Phi) is 2.87. The molecule has 3 rings (SSSR count). The van der Waals surface area contributed by atoms with Crippen molar-refractivity contribution in [2.45, 2.75) is 13.1 Å². The van der Waals surface area contributed by atoms with Crippen LogP contribution in [0.2, 0.25) is 5.02 Å². The van der Waals surface area contributed by atoms with Crippen molar-refractivity contribution in [1.29, 1.82) is 0 Å². The highest BCUT2D eigenvalue weighted by Gasteiger charge is 2.25. The van der Waals surface area contributed by atoms with E-state index in [0.717, 1.165) is 5.82 Å². The van der Waals surface area contributed by atoms with Crippen LogP contribution >= 0.6 is 11.6 Å². The van der Waals surface area contributed by atoms with Gasteiger partial charge >= 0.3 is 0 Å². The number of halogens is 1. The van der Waals surface area contributed by atoms with Crippen LogP contribution in [-0.4, -0.2) is 32.1 Å². The number of anilines is 1. The first-order chi connectivity index (χ1) is 9.16. The van der Waals surface area contributed by atoms with Crippen LogP contribution in [0.5, 0.6) is 0 Å². The van der Waals surface area contributed by atoms with Gasteiger partial charge in [0.05, 0.1) is 17.1 Å². The van der Waals surface area contributed by atoms with Gasteiger partial charge in [-0.05, 0) is 12.1 Å². The molecular weight excluding hydrogens is 266 g/mol. The normalized spacial score (nSPS) is 14.3. The third-order valence-corrected chi connectivity index (χ3v) is 3.50. The van der Waals surface area contributed by atoms with Crippen LogP contribution in [0, 0.1) is 0 Å². The molecular formula is C12H12ClN5O. The third-order valence-electron chi connectivity index (χ3n) is 3.19. The number of hydrogen-bond donors (Lipinski definition) is 1. The molecule has 1 aromatic heterocycles. The standard InChI is InChI=1S/C12H12ClN5O/c13-8-2-1-3-9(14)11(8)12(19)17-4-5-18-7-15-16-10(18)6-17/h1-3,7H,4-6,14H2. The van der Waals surface area contributed by atoms with Crippen molar-refractivity contribution in [3.05, 3.63) is 40.9 Å². The summed E-state index contributed by atoms with van der Waals surface area (Å²) in [6, 6.07) is 5.06. The summed E-state index contributed by atoms with van der Waals surface area (Å²) in [6.07, 6.45) is 1.67. The number of nitrogens with zero attached hydrogens (tertiary/aromatic N) is 4. The molecule has 0 atom stereocenters. The Bertz CT molecular complexity index is 619. The Morgan fingerprint density at radius 2 is 2.21 bits per heavy atom. The second-order valence-corrected chi connectivity index (χ2v) is 4.78. The molecule has 0 unspecified atom stereocenters. The van der Waals surface area contributed by atoms with E-state index in [1.807, 2.05) is 4.57 Å². The molecule has 1 aromatic carbocycles. The minimum absolute atomic E-state index is 0.169. The molecule has 0 saturated carbocycles. The van der Waals surface area contributed by atoms with E-state index in [0.29, 0.717) is 35.9 Å². The molecule has 0 fully saturated rings. The Morgan fingerprint density at radius 3 is 3.00 bits per heavy atom. The van der Waals surface area contributed by atoms with Gasteiger partial charge in [-0.1, -0.05) is 17.7 Å². The molecule has 1 aliphatic heterocycles. The number of carbonyl (C=O) groups is 1. The van der Waals surface area contributed by atoms with Crippen LogP contribution in [-0.2, 0) is 13.1 Å². The van der Waals surface area contributed by atoms with E-state index in [1.165, 1.54) is 0 Å². The highest BCUT2D eigenvalue weighted by atomic mass is 35.5. The molecule has 98 valence electrons. The van der Waals surface area contributed by atoms with Gasteiger partial charge in [0.15, 0.2) is 5.82 Å². The number of carbonyl (C=O) groups excluding carboxylic acids is 1. The first-order valence-corrected chi connectivity index (χ1v) is 6.24. The van der Waals surface area contributed by atoms with Crippen molar-refractivity contribution in [2.24, 2.45) is 0 Å². The number of fused-ring (bicyclic) bond motifs is 1. The maximum Gasteiger partial charge on any atom is 0.257 e. The highest BCUT2D eigenvalue weighted by Crippen LogP contribution is 2.25. The van der Waals surface area contributed by atoms with Gasteiger partial charge in [0, 0.05) is 18.8 Å². The fourth-order valence-electron chi connectivity index (χ4n) is 2.16. The number of hydrogen-bond acceptors (Lipinski definition) is 4. The molecule has 0 spiro atoms. The lowest BCUT2D eigenvalue weighted by Crippen LogP contribution is -2.38. The first kappa shape index (κ1) is 12.0. The van der Waals surface area contributed by atoms with Gasteiger partial charge < -0.3 is 15.2 Å². The van der Waals surface area contributed by atoms with Crippen LogP contribution in [0.25, 0.3) is 0 Å². The van der Waals surface area contributed by atoms with E-state index < -0.39 is 0 Å². The predicted octanol–water partition coefficient (Wildman–Crippen LogP) is 1.17. The van der Waals surface area contributed by atoms with Crippen LogP contribution in [0.15, 0.2) is 24.5 Å². The summed E-state index contributed by atoms with van der Waals surface area (Å²) in [5.74, 6) is 0.600. The van der Waals surface area contributed by atoms with Crippen LogP contribution in [0.3, 0.4) is 0 Å². The van der Waals surface area contributed by atoms with Crippen molar-refractivity contribution in [3.63, 3.8) is 0 Å². The molecule has 0 radical (unpaired) electrons. The van der Waals surface area contributed by atoms with Gasteiger partial charge in [0.25, 0.3) is 5.91 Å². The summed E-state index contributed by atoms with van der Waals surface area (Å²) in [5.41, 5.74) is 6.59. The summed E-state index contributed by atoms with van der Waals surface area (Å²) >= 11 is 6.06. The smallest absolute Gasteiger partial charge is 0.257 e. The monoisotopic (exact) mass is 277 g/mol. The van der Waals surface area contributed by atoms with Gasteiger partial charge in [-0.2, -0.15) is 0 Å². The number of amides is 1. The Balaban J connectivity index is 1.90. The summed E-state index contributed by atoms with van der Waals surface area (Å²) in [7, 11) is 0. The molecule has 0 saturated heterocycles. The Hall–Kier alpha value is -2.08. The van der Waals surface area contributed by atoms with Gasteiger partial charge in [0.2, 0.25) is 0 Å². The van der Waals surface area contributed by atoms with Crippen molar-refractivity contribution in [1.82, 2.24) is 19.7 Å². The largest absolute Gasteiger partial charge is 0.398 e. The number of nitrogen functional groups attached to an aromatic ring is 1. The second kappa shape index (κ2) is 4.55. The molecule has 2 heterocycles. The average Bonchev–Trinajstić information content (AvgIpc) is 2.85. The quantitative estimate of drug-likeness (QED) is 0.794. The van der Waals surface area contributed by atoms with E-state index in [-0.39, 0.29) is 5.91 Å². The molecule has 7 heteroatoms. The highest BCUT2D eigenvalue weighted by molar-refractivity contribution is 6.34. The first-order valence-electron chi connectivity index (χ1n) is 5.87. The maximum atomic E-state index is 12.5. The zero-order valence-corrected chi connectivity index (χ0v) is 10.8.